The average molecular weight is 1940 g/mol. The molecule has 0 bridgehead atoms. The highest BCUT2D eigenvalue weighted by Crippen LogP contribution is 2.49. The van der Waals surface area contributed by atoms with E-state index >= 15 is 0 Å². The number of piperidine rings is 4. The molecule has 4 saturated carbocycles. The molecule has 0 spiro atoms. The summed E-state index contributed by atoms with van der Waals surface area (Å²) >= 11 is 0. The number of hydrogen-bond donors (Lipinski definition) is 1. The fraction of sp³-hybridized carbons (Fsp3) is 0.529. The van der Waals surface area contributed by atoms with Gasteiger partial charge >= 0.3 is 0 Å². The second-order valence-electron chi connectivity index (χ2n) is 43.7. The van der Waals surface area contributed by atoms with Crippen LogP contribution in [0.1, 0.15) is 221 Å². The summed E-state index contributed by atoms with van der Waals surface area (Å²) < 4.78 is 10.8. The predicted molar refractivity (Wildman–Crippen MR) is 596 cm³/mol. The monoisotopic (exact) mass is 1940 g/mol. The van der Waals surface area contributed by atoms with Crippen LogP contribution in [-0.2, 0) is 9.47 Å². The van der Waals surface area contributed by atoms with E-state index in [1.54, 1.807) is 18.2 Å². The molecule has 12 aliphatic rings. The van der Waals surface area contributed by atoms with Gasteiger partial charge in [-0.1, -0.05) is 72.8 Å². The van der Waals surface area contributed by atoms with Crippen LogP contribution in [0, 0.1) is 0 Å². The fourth-order valence-electron chi connectivity index (χ4n) is 23.2. The van der Waals surface area contributed by atoms with E-state index in [1.807, 2.05) is 7.05 Å². The first-order valence-corrected chi connectivity index (χ1v) is 55.0. The molecule has 12 fully saturated rings. The summed E-state index contributed by atoms with van der Waals surface area (Å²) in [6.07, 6.45) is 24.3. The van der Waals surface area contributed by atoms with Crippen molar-refractivity contribution in [1.29, 1.82) is 0 Å². The molecule has 760 valence electrons. The highest BCUT2D eigenvalue weighted by Gasteiger charge is 2.38. The summed E-state index contributed by atoms with van der Waals surface area (Å²) in [5, 5.41) is 14.1. The Morgan fingerprint density at radius 3 is 0.882 bits per heavy atom. The van der Waals surface area contributed by atoms with E-state index in [0.29, 0.717) is 60.5 Å². The number of aliphatic hydroxyl groups is 1. The summed E-state index contributed by atoms with van der Waals surface area (Å²) in [7, 11) is 18.9. The Bertz CT molecular complexity index is 6330. The fourth-order valence-corrected chi connectivity index (χ4v) is 23.2. The van der Waals surface area contributed by atoms with Crippen molar-refractivity contribution in [2.45, 2.75) is 176 Å². The summed E-state index contributed by atoms with van der Waals surface area (Å²) in [4.78, 5) is 74.6. The van der Waals surface area contributed by atoms with Gasteiger partial charge in [0, 0.05) is 285 Å². The maximum atomic E-state index is 9.37. The first-order chi connectivity index (χ1) is 70.5. The normalized spacial score (nSPS) is 19.0. The van der Waals surface area contributed by atoms with E-state index < -0.39 is 0 Å². The van der Waals surface area contributed by atoms with Crippen LogP contribution in [0.3, 0.4) is 0 Å². The number of methoxy groups -OCH3 is 1. The number of likely N-dealkylation sites (N-methyl/N-ethyl adjacent to an activating group) is 4. The number of hydrogen-bond acceptors (Lipinski definition) is 25. The largest absolute Gasteiger partial charge is 0.395 e. The number of rotatable bonds is 31. The molecule has 12 aromatic rings. The lowest BCUT2D eigenvalue weighted by Crippen LogP contribution is -2.40. The predicted octanol–water partition coefficient (Wildman–Crippen LogP) is 19.9. The van der Waals surface area contributed by atoms with Crippen molar-refractivity contribution in [3.8, 4) is 0 Å². The molecule has 12 heterocycles. The van der Waals surface area contributed by atoms with Gasteiger partial charge in [0.2, 0.25) is 0 Å². The van der Waals surface area contributed by atoms with Crippen molar-refractivity contribution in [2.75, 3.05) is 293 Å². The third-order valence-corrected chi connectivity index (χ3v) is 33.2. The SMILES string of the molecule is CN(C)c1ccccc1C1CCN(c2nc(C3CC3)nc3ccc(N(C)CCO)cc23)CC1.CN(CCN1CCCC1)c1ccc2nc(C3CC3)nc(N3CCC(c4ccccc4N4CCC4)CC3)c2c1.CN(CCN1CCOCC1)c1ccc2nc(C3CC3)nc(N3CCC(c4ccccc4N4CCC4)CC3)c2c1.COCCN(C)c1ccc2nc(C3CC3)nc(N3CCC(c4ccccc4N(C)C)CC3)c2c1. The number of nitrogens with zero attached hydrogens (tertiary/aromatic N) is 22. The zero-order chi connectivity index (χ0) is 98.3. The Kier molecular flexibility index (Phi) is 31.0. The zero-order valence-corrected chi connectivity index (χ0v) is 87.4. The molecule has 4 aliphatic carbocycles. The first kappa shape index (κ1) is 98.5. The van der Waals surface area contributed by atoms with Crippen LogP contribution >= 0.6 is 0 Å². The van der Waals surface area contributed by atoms with Gasteiger partial charge in [-0.2, -0.15) is 0 Å². The molecular weight excluding hydrogens is 1790 g/mol. The lowest BCUT2D eigenvalue weighted by Gasteiger charge is -2.39. The van der Waals surface area contributed by atoms with Gasteiger partial charge in [-0.15, -0.1) is 0 Å². The van der Waals surface area contributed by atoms with Gasteiger partial charge in [0.25, 0.3) is 0 Å². The Morgan fingerprint density at radius 2 is 0.583 bits per heavy atom. The lowest BCUT2D eigenvalue weighted by atomic mass is 9.87. The van der Waals surface area contributed by atoms with Crippen LogP contribution in [0.5, 0.6) is 0 Å². The molecule has 24 rings (SSSR count). The molecule has 25 heteroatoms. The average Bonchev–Trinajstić information content (AvgIpc) is 1.58. The van der Waals surface area contributed by atoms with Crippen molar-refractivity contribution in [2.24, 2.45) is 0 Å². The Morgan fingerprint density at radius 1 is 0.292 bits per heavy atom. The van der Waals surface area contributed by atoms with Crippen molar-refractivity contribution in [3.05, 3.63) is 215 Å². The van der Waals surface area contributed by atoms with Crippen molar-refractivity contribution < 1.29 is 14.6 Å². The molecular formula is C119H156N22O3. The molecule has 0 radical (unpaired) electrons. The lowest BCUT2D eigenvalue weighted by molar-refractivity contribution is 0.0393. The number of fused-ring (bicyclic) bond motifs is 4. The minimum Gasteiger partial charge on any atom is -0.395 e. The highest BCUT2D eigenvalue weighted by molar-refractivity contribution is 5.96. The van der Waals surface area contributed by atoms with E-state index in [9.17, 15) is 5.11 Å². The first-order valence-electron chi connectivity index (χ1n) is 55.0. The topological polar surface area (TPSA) is 187 Å². The number of morpholine rings is 1. The Balaban J connectivity index is 0.000000113. The number of para-hydroxylation sites is 4. The van der Waals surface area contributed by atoms with Crippen molar-refractivity contribution in [1.82, 2.24) is 49.7 Å². The number of ether oxygens (including phenoxy) is 2. The maximum absolute atomic E-state index is 9.37. The summed E-state index contributed by atoms with van der Waals surface area (Å²) in [5.74, 6) is 13.2. The molecule has 1 N–H and O–H groups in total. The summed E-state index contributed by atoms with van der Waals surface area (Å²) in [6.45, 7) is 25.9. The van der Waals surface area contributed by atoms with Crippen LogP contribution in [0.2, 0.25) is 0 Å². The summed E-state index contributed by atoms with van der Waals surface area (Å²) in [5.41, 5.74) is 20.8. The van der Waals surface area contributed by atoms with E-state index in [4.69, 9.17) is 49.3 Å². The molecule has 8 saturated heterocycles. The number of aliphatic hydroxyl groups excluding tert-OH is 1. The van der Waals surface area contributed by atoms with Gasteiger partial charge in [-0.3, -0.25) is 4.90 Å². The van der Waals surface area contributed by atoms with Gasteiger partial charge in [0.1, 0.15) is 46.6 Å². The third kappa shape index (κ3) is 23.0. The zero-order valence-electron chi connectivity index (χ0n) is 87.4. The minimum atomic E-state index is 0.139. The molecule has 8 aromatic carbocycles. The van der Waals surface area contributed by atoms with Gasteiger partial charge < -0.3 is 78.3 Å². The maximum Gasteiger partial charge on any atom is 0.140 e. The van der Waals surface area contributed by atoms with E-state index in [-0.39, 0.29) is 6.61 Å². The van der Waals surface area contributed by atoms with Gasteiger partial charge in [0.15, 0.2) is 0 Å². The van der Waals surface area contributed by atoms with Crippen LogP contribution in [0.25, 0.3) is 43.6 Å². The van der Waals surface area contributed by atoms with Crippen molar-refractivity contribution in [3.63, 3.8) is 0 Å². The third-order valence-electron chi connectivity index (χ3n) is 33.2. The number of benzene rings is 8. The Hall–Kier alpha value is -11.5. The smallest absolute Gasteiger partial charge is 0.140 e. The van der Waals surface area contributed by atoms with Crippen LogP contribution < -0.4 is 58.8 Å². The molecule has 0 atom stereocenters. The molecule has 144 heavy (non-hydrogen) atoms. The van der Waals surface area contributed by atoms with Gasteiger partial charge in [0.05, 0.1) is 48.5 Å². The highest BCUT2D eigenvalue weighted by atomic mass is 16.5. The molecule has 4 aromatic heterocycles. The van der Waals surface area contributed by atoms with Crippen molar-refractivity contribution >= 4 is 112 Å². The quantitative estimate of drug-likeness (QED) is 0.0432. The Labute approximate surface area is 855 Å². The second kappa shape index (κ2) is 45.2. The summed E-state index contributed by atoms with van der Waals surface area (Å²) in [6, 6.07) is 62.7. The molecule has 0 unspecified atom stereocenters. The molecule has 0 amide bonds. The van der Waals surface area contributed by atoms with E-state index in [1.165, 1.54) is 215 Å². The van der Waals surface area contributed by atoms with Crippen LogP contribution in [-0.4, -0.2) is 289 Å². The van der Waals surface area contributed by atoms with Gasteiger partial charge in [-0.05, 0) is 284 Å². The van der Waals surface area contributed by atoms with Crippen LogP contribution in [0.15, 0.2) is 170 Å². The van der Waals surface area contributed by atoms with E-state index in [0.717, 1.165) is 211 Å². The van der Waals surface area contributed by atoms with Crippen LogP contribution in [0.4, 0.5) is 68.8 Å². The number of likely N-dealkylation sites (tertiary alicyclic amines) is 1. The van der Waals surface area contributed by atoms with E-state index in [2.05, 4.69) is 288 Å². The molecule has 25 nitrogen and oxygen atoms in total. The standard InChI is InChI=1S/C32H42N6O.C32H42N6.C28H37N5O.C27H35N5O/c1-35(17-18-36-19-21-39-22-20-36)26-9-10-29-28(23-26)32(34-31(33-29)25-7-8-25)38-15-11-24(12-16-38)27-5-2-3-6-30(27)37-13-4-14-37;1-35(21-22-36-15-4-5-16-36)26-11-12-29-28(23-26)32(34-31(33-29)25-9-10-25)38-19-13-24(14-20-38)27-7-2-3-8-30(27)37-17-6-18-37;1-31(2)26-8-6-5-7-23(26)20-13-15-33(16-14-20)28-24-19-22(32(3)17-18-34-4)11-12-25(24)29-27(30-28)21-9-10-21;1-30(2)25-7-5-4-6-22(25)19-12-14-32(15-13-19)27-23-18-21(31(3)16-17-33)10-11-24(23)28-26(29-27)20-8-9-20/h2-3,5-6,9-10,23-25H,4,7-8,11-22H2,1H3;2-3,7-8,11-12,23-25H,4-6,9-10,13-22H2,1H3;5-8,11-12,19-21H,9-10,13-18H2,1-4H3;4-7,10-11,18-20,33H,8-9,12-17H2,1-3H3. The van der Waals surface area contributed by atoms with Gasteiger partial charge in [-0.25, -0.2) is 39.9 Å². The molecule has 8 aliphatic heterocycles. The minimum absolute atomic E-state index is 0.139. The second-order valence-corrected chi connectivity index (χ2v) is 43.7. The number of anilines is 12. The number of aromatic nitrogens is 8.